The van der Waals surface area contributed by atoms with Crippen LogP contribution in [0.4, 0.5) is 11.4 Å². The van der Waals surface area contributed by atoms with Crippen LogP contribution in [0.5, 0.6) is 0 Å². The van der Waals surface area contributed by atoms with Gasteiger partial charge in [0, 0.05) is 12.1 Å². The molecule has 0 unspecified atom stereocenters. The molecule has 6 nitrogen and oxygen atoms in total. The smallest absolute Gasteiger partial charge is 0.280 e. The molecule has 2 aromatic carbocycles. The molecule has 8 heteroatoms. The Kier molecular flexibility index (Phi) is 5.27. The highest BCUT2D eigenvalue weighted by Crippen LogP contribution is 2.38. The van der Waals surface area contributed by atoms with Crippen molar-refractivity contribution in [2.75, 3.05) is 4.90 Å². The molecule has 1 aromatic heterocycles. The fourth-order valence-electron chi connectivity index (χ4n) is 3.28. The van der Waals surface area contributed by atoms with Crippen molar-refractivity contribution < 1.29 is 14.1 Å². The van der Waals surface area contributed by atoms with Gasteiger partial charge in [-0.2, -0.15) is 0 Å². The molecule has 1 aliphatic rings. The van der Waals surface area contributed by atoms with Gasteiger partial charge in [-0.3, -0.25) is 19.8 Å². The first kappa shape index (κ1) is 20.1. The average Bonchev–Trinajstić information content (AvgIpc) is 3.27. The molecule has 3 aromatic rings. The molecular formula is C22H16N2O4S2. The number of furan rings is 1. The van der Waals surface area contributed by atoms with Crippen LogP contribution in [-0.2, 0) is 4.79 Å². The Hall–Kier alpha value is -3.23. The number of nitrogens with zero attached hydrogens (tertiary/aromatic N) is 2. The zero-order chi connectivity index (χ0) is 21.4. The fraction of sp³-hybridized carbons (Fsp3) is 0.0909. The molecule has 1 amide bonds. The summed E-state index contributed by atoms with van der Waals surface area (Å²) < 4.78 is 6.23. The maximum atomic E-state index is 13.0. The number of aryl methyl sites for hydroxylation is 2. The summed E-state index contributed by atoms with van der Waals surface area (Å²) in [6.07, 6.45) is 1.61. The van der Waals surface area contributed by atoms with E-state index in [1.807, 2.05) is 32.0 Å². The molecule has 150 valence electrons. The number of hydrogen-bond donors (Lipinski definition) is 0. The Morgan fingerprint density at radius 2 is 1.90 bits per heavy atom. The number of thioether (sulfide) groups is 1. The summed E-state index contributed by atoms with van der Waals surface area (Å²) in [6.45, 7) is 3.93. The quantitative estimate of drug-likeness (QED) is 0.220. The van der Waals surface area contributed by atoms with Crippen molar-refractivity contribution in [3.63, 3.8) is 0 Å². The molecule has 0 radical (unpaired) electrons. The van der Waals surface area contributed by atoms with Gasteiger partial charge in [-0.05, 0) is 43.7 Å². The topological polar surface area (TPSA) is 76.6 Å². The molecule has 1 aliphatic heterocycles. The van der Waals surface area contributed by atoms with E-state index in [-0.39, 0.29) is 11.6 Å². The van der Waals surface area contributed by atoms with Crippen LogP contribution in [0.3, 0.4) is 0 Å². The summed E-state index contributed by atoms with van der Waals surface area (Å²) in [6, 6.07) is 15.5. The van der Waals surface area contributed by atoms with Gasteiger partial charge in [0.15, 0.2) is 4.32 Å². The van der Waals surface area contributed by atoms with E-state index in [1.165, 1.54) is 22.7 Å². The molecule has 1 saturated heterocycles. The minimum absolute atomic E-state index is 0.0421. The van der Waals surface area contributed by atoms with E-state index < -0.39 is 4.92 Å². The molecule has 0 aliphatic carbocycles. The average molecular weight is 437 g/mol. The number of para-hydroxylation sites is 1. The lowest BCUT2D eigenvalue weighted by Gasteiger charge is -2.17. The largest absolute Gasteiger partial charge is 0.456 e. The highest BCUT2D eigenvalue weighted by molar-refractivity contribution is 8.27. The molecule has 4 rings (SSSR count). The maximum absolute atomic E-state index is 13.0. The number of thiocarbonyl (C=S) groups is 1. The second-order valence-electron chi connectivity index (χ2n) is 6.78. The van der Waals surface area contributed by atoms with E-state index in [0.717, 1.165) is 16.8 Å². The van der Waals surface area contributed by atoms with Crippen LogP contribution < -0.4 is 4.90 Å². The molecule has 0 atom stereocenters. The number of benzene rings is 2. The van der Waals surface area contributed by atoms with Gasteiger partial charge >= 0.3 is 0 Å². The Morgan fingerprint density at radius 3 is 2.63 bits per heavy atom. The number of amides is 1. The highest BCUT2D eigenvalue weighted by Gasteiger charge is 2.34. The lowest BCUT2D eigenvalue weighted by Crippen LogP contribution is -2.28. The Bertz CT molecular complexity index is 1230. The Labute approximate surface area is 182 Å². The van der Waals surface area contributed by atoms with E-state index in [0.29, 0.717) is 26.3 Å². The highest BCUT2D eigenvalue weighted by atomic mass is 32.2. The fourth-order valence-corrected chi connectivity index (χ4v) is 4.54. The van der Waals surface area contributed by atoms with Crippen molar-refractivity contribution in [2.45, 2.75) is 13.8 Å². The standard InChI is InChI=1S/C22H16N2O4S2/c1-13-7-9-17(14(2)11-13)23-21(25)20(30-22(23)29)12-15-8-10-19(28-15)16-5-3-4-6-18(16)24(26)27/h3-12H,1-2H3/b20-12-. The number of carbonyl (C=O) groups excluding carboxylic acids is 1. The summed E-state index contributed by atoms with van der Waals surface area (Å²) >= 11 is 6.63. The van der Waals surface area contributed by atoms with Crippen LogP contribution in [0.2, 0.25) is 0 Å². The van der Waals surface area contributed by atoms with Gasteiger partial charge < -0.3 is 4.42 Å². The molecule has 1 fully saturated rings. The monoisotopic (exact) mass is 436 g/mol. The predicted molar refractivity (Wildman–Crippen MR) is 122 cm³/mol. The maximum Gasteiger partial charge on any atom is 0.280 e. The normalized spacial score (nSPS) is 15.3. The van der Waals surface area contributed by atoms with Gasteiger partial charge in [-0.15, -0.1) is 0 Å². The van der Waals surface area contributed by atoms with Gasteiger partial charge in [-0.25, -0.2) is 0 Å². The number of hydrogen-bond acceptors (Lipinski definition) is 6. The summed E-state index contributed by atoms with van der Waals surface area (Å²) in [5.41, 5.74) is 3.16. The minimum Gasteiger partial charge on any atom is -0.456 e. The molecule has 0 N–H and O–H groups in total. The number of nitro groups is 1. The molecule has 30 heavy (non-hydrogen) atoms. The second kappa shape index (κ2) is 7.89. The number of rotatable bonds is 4. The van der Waals surface area contributed by atoms with Crippen LogP contribution >= 0.6 is 24.0 Å². The van der Waals surface area contributed by atoms with Crippen LogP contribution in [0, 0.1) is 24.0 Å². The number of anilines is 1. The molecule has 0 spiro atoms. The second-order valence-corrected chi connectivity index (χ2v) is 8.46. The van der Waals surface area contributed by atoms with Crippen LogP contribution in [0.15, 0.2) is 63.9 Å². The summed E-state index contributed by atoms with van der Waals surface area (Å²) in [5, 5.41) is 11.3. The zero-order valence-corrected chi connectivity index (χ0v) is 17.8. The Morgan fingerprint density at radius 1 is 1.13 bits per heavy atom. The van der Waals surface area contributed by atoms with Gasteiger partial charge in [0.1, 0.15) is 11.5 Å². The predicted octanol–water partition coefficient (Wildman–Crippen LogP) is 5.88. The number of nitro benzene ring substituents is 1. The summed E-state index contributed by atoms with van der Waals surface area (Å²) in [5.74, 6) is 0.559. The third-order valence-electron chi connectivity index (χ3n) is 4.65. The Balaban J connectivity index is 1.65. The van der Waals surface area contributed by atoms with Crippen molar-refractivity contribution in [2.24, 2.45) is 0 Å². The van der Waals surface area contributed by atoms with Crippen molar-refractivity contribution in [1.82, 2.24) is 0 Å². The molecule has 0 bridgehead atoms. The van der Waals surface area contributed by atoms with E-state index in [1.54, 1.807) is 36.4 Å². The summed E-state index contributed by atoms with van der Waals surface area (Å²) in [7, 11) is 0. The molecular weight excluding hydrogens is 420 g/mol. The van der Waals surface area contributed by atoms with Crippen molar-refractivity contribution in [3.8, 4) is 11.3 Å². The zero-order valence-electron chi connectivity index (χ0n) is 16.1. The van der Waals surface area contributed by atoms with Crippen LogP contribution in [0.1, 0.15) is 16.9 Å². The third-order valence-corrected chi connectivity index (χ3v) is 5.96. The van der Waals surface area contributed by atoms with Crippen LogP contribution in [0.25, 0.3) is 17.4 Å². The molecule has 2 heterocycles. The van der Waals surface area contributed by atoms with Gasteiger partial charge in [0.2, 0.25) is 0 Å². The van der Waals surface area contributed by atoms with Crippen molar-refractivity contribution in [3.05, 3.63) is 86.5 Å². The van der Waals surface area contributed by atoms with E-state index in [9.17, 15) is 14.9 Å². The van der Waals surface area contributed by atoms with Crippen molar-refractivity contribution in [1.29, 1.82) is 0 Å². The van der Waals surface area contributed by atoms with Crippen LogP contribution in [-0.4, -0.2) is 15.2 Å². The number of carbonyl (C=O) groups is 1. The van der Waals surface area contributed by atoms with Crippen molar-refractivity contribution >= 4 is 51.7 Å². The first-order valence-electron chi connectivity index (χ1n) is 9.04. The van der Waals surface area contributed by atoms with Gasteiger partial charge in [-0.1, -0.05) is 53.8 Å². The summed E-state index contributed by atoms with van der Waals surface area (Å²) in [4.78, 5) is 25.8. The van der Waals surface area contributed by atoms with Gasteiger partial charge in [0.05, 0.1) is 21.1 Å². The van der Waals surface area contributed by atoms with E-state index in [2.05, 4.69) is 0 Å². The van der Waals surface area contributed by atoms with E-state index in [4.69, 9.17) is 16.6 Å². The first-order chi connectivity index (χ1) is 14.3. The third kappa shape index (κ3) is 3.67. The van der Waals surface area contributed by atoms with E-state index >= 15 is 0 Å². The SMILES string of the molecule is Cc1ccc(N2C(=O)/C(=C/c3ccc(-c4ccccc4[N+](=O)[O-])o3)SC2=S)c(C)c1. The lowest BCUT2D eigenvalue weighted by atomic mass is 10.1. The molecule has 0 saturated carbocycles. The lowest BCUT2D eigenvalue weighted by molar-refractivity contribution is -0.384. The van der Waals surface area contributed by atoms with Gasteiger partial charge in [0.25, 0.3) is 11.6 Å². The first-order valence-corrected chi connectivity index (χ1v) is 10.3. The minimum atomic E-state index is -0.452.